The molecular weight excluding hydrogens is 302 g/mol. The molecule has 24 heavy (non-hydrogen) atoms. The van der Waals surface area contributed by atoms with E-state index in [9.17, 15) is 0 Å². The predicted molar refractivity (Wildman–Crippen MR) is 96.6 cm³/mol. The van der Waals surface area contributed by atoms with Crippen LogP contribution in [0.3, 0.4) is 0 Å². The molecule has 0 amide bonds. The summed E-state index contributed by atoms with van der Waals surface area (Å²) < 4.78 is 0. The molecule has 3 aromatic rings. The van der Waals surface area contributed by atoms with Gasteiger partial charge in [-0.3, -0.25) is 0 Å². The maximum Gasteiger partial charge on any atom is 0.224 e. The number of aryl methyl sites for hydroxylation is 1. The molecule has 124 valence electrons. The highest BCUT2D eigenvalue weighted by molar-refractivity contribution is 5.86. The van der Waals surface area contributed by atoms with E-state index in [0.29, 0.717) is 11.6 Å². The number of hydrogen-bond donors (Lipinski definition) is 3. The average molecular weight is 323 g/mol. The minimum atomic E-state index is 0.272. The third kappa shape index (κ3) is 2.84. The summed E-state index contributed by atoms with van der Waals surface area (Å²) in [4.78, 5) is 18.9. The van der Waals surface area contributed by atoms with Crippen LogP contribution in [0.25, 0.3) is 11.2 Å². The van der Waals surface area contributed by atoms with Crippen LogP contribution in [0.15, 0.2) is 24.3 Å². The lowest BCUT2D eigenvalue weighted by molar-refractivity contribution is 0.574. The fourth-order valence-corrected chi connectivity index (χ4v) is 3.15. The summed E-state index contributed by atoms with van der Waals surface area (Å²) in [6, 6.07) is 8.15. The van der Waals surface area contributed by atoms with E-state index in [0.717, 1.165) is 30.1 Å². The molecule has 1 aliphatic heterocycles. The first kappa shape index (κ1) is 14.7. The largest absolute Gasteiger partial charge is 0.368 e. The Morgan fingerprint density at radius 2 is 1.96 bits per heavy atom. The number of anilines is 4. The summed E-state index contributed by atoms with van der Waals surface area (Å²) in [6.45, 7) is 4.03. The fraction of sp³-hybridized carbons (Fsp3) is 0.353. The lowest BCUT2D eigenvalue weighted by atomic mass is 10.1. The highest BCUT2D eigenvalue weighted by Gasteiger charge is 2.19. The van der Waals surface area contributed by atoms with Crippen molar-refractivity contribution in [1.82, 2.24) is 19.9 Å². The Morgan fingerprint density at radius 3 is 2.75 bits per heavy atom. The van der Waals surface area contributed by atoms with Gasteiger partial charge in [0.15, 0.2) is 17.0 Å². The minimum absolute atomic E-state index is 0.272. The van der Waals surface area contributed by atoms with E-state index in [4.69, 9.17) is 5.73 Å². The van der Waals surface area contributed by atoms with Crippen molar-refractivity contribution in [2.24, 2.45) is 0 Å². The molecule has 4 rings (SSSR count). The van der Waals surface area contributed by atoms with Crippen molar-refractivity contribution in [3.05, 3.63) is 29.8 Å². The van der Waals surface area contributed by atoms with Crippen LogP contribution in [0.1, 0.15) is 24.8 Å². The number of nitrogens with two attached hydrogens (primary N) is 1. The van der Waals surface area contributed by atoms with Crippen LogP contribution in [-0.2, 0) is 0 Å². The second-order valence-electron chi connectivity index (χ2n) is 6.23. The Kier molecular flexibility index (Phi) is 3.68. The smallest absolute Gasteiger partial charge is 0.224 e. The van der Waals surface area contributed by atoms with Crippen molar-refractivity contribution >= 4 is 34.6 Å². The first-order chi connectivity index (χ1) is 11.7. The van der Waals surface area contributed by atoms with Gasteiger partial charge in [0.05, 0.1) is 0 Å². The van der Waals surface area contributed by atoms with Gasteiger partial charge in [-0.05, 0) is 43.9 Å². The molecule has 0 radical (unpaired) electrons. The SMILES string of the molecule is Cc1cccc(Nc2nc3c(N4CCCCC4)nc(N)nc3[nH]2)c1. The quantitative estimate of drug-likeness (QED) is 0.686. The molecule has 0 atom stereocenters. The van der Waals surface area contributed by atoms with Gasteiger partial charge in [-0.2, -0.15) is 9.97 Å². The molecule has 2 aromatic heterocycles. The molecule has 0 unspecified atom stereocenters. The third-order valence-electron chi connectivity index (χ3n) is 4.28. The first-order valence-electron chi connectivity index (χ1n) is 8.31. The molecule has 1 aromatic carbocycles. The van der Waals surface area contributed by atoms with E-state index < -0.39 is 0 Å². The van der Waals surface area contributed by atoms with E-state index in [1.807, 2.05) is 12.1 Å². The number of hydrogen-bond acceptors (Lipinski definition) is 6. The Hall–Kier alpha value is -2.83. The van der Waals surface area contributed by atoms with E-state index in [1.165, 1.54) is 24.8 Å². The second-order valence-corrected chi connectivity index (χ2v) is 6.23. The Bertz CT molecular complexity index is 865. The van der Waals surface area contributed by atoms with Gasteiger partial charge in [0, 0.05) is 18.8 Å². The molecule has 1 fully saturated rings. The number of piperidine rings is 1. The summed E-state index contributed by atoms with van der Waals surface area (Å²) in [7, 11) is 0. The van der Waals surface area contributed by atoms with Gasteiger partial charge in [0.2, 0.25) is 11.9 Å². The number of nitrogens with one attached hydrogen (secondary N) is 2. The van der Waals surface area contributed by atoms with E-state index in [2.05, 4.69) is 49.2 Å². The Balaban J connectivity index is 1.71. The molecule has 7 heteroatoms. The zero-order chi connectivity index (χ0) is 16.5. The van der Waals surface area contributed by atoms with Gasteiger partial charge in [0.1, 0.15) is 0 Å². The Labute approximate surface area is 140 Å². The normalized spacial score (nSPS) is 15.0. The number of nitrogens with zero attached hydrogens (tertiary/aromatic N) is 4. The maximum atomic E-state index is 5.90. The molecule has 7 nitrogen and oxygen atoms in total. The number of aromatic amines is 1. The van der Waals surface area contributed by atoms with Crippen LogP contribution in [0, 0.1) is 6.92 Å². The highest BCUT2D eigenvalue weighted by Crippen LogP contribution is 2.27. The fourth-order valence-electron chi connectivity index (χ4n) is 3.15. The number of nitrogen functional groups attached to an aromatic ring is 1. The first-order valence-corrected chi connectivity index (χ1v) is 8.31. The molecule has 0 saturated carbocycles. The second kappa shape index (κ2) is 5.99. The molecule has 0 aliphatic carbocycles. The van der Waals surface area contributed by atoms with Crippen molar-refractivity contribution in [3.63, 3.8) is 0 Å². The number of H-pyrrole nitrogens is 1. The molecule has 0 bridgehead atoms. The van der Waals surface area contributed by atoms with Gasteiger partial charge in [-0.25, -0.2) is 4.98 Å². The van der Waals surface area contributed by atoms with Crippen LogP contribution in [0.5, 0.6) is 0 Å². The number of rotatable bonds is 3. The standard InChI is InChI=1S/C17H21N7/c1-11-6-5-7-12(10-11)19-17-20-13-14(22-17)21-16(18)23-15(13)24-8-3-2-4-9-24/h5-7,10H,2-4,8-9H2,1H3,(H4,18,19,20,21,22,23). The zero-order valence-corrected chi connectivity index (χ0v) is 13.7. The summed E-state index contributed by atoms with van der Waals surface area (Å²) in [6.07, 6.45) is 3.61. The Morgan fingerprint density at radius 1 is 1.12 bits per heavy atom. The number of benzene rings is 1. The van der Waals surface area contributed by atoms with Gasteiger partial charge in [-0.1, -0.05) is 12.1 Å². The molecule has 0 spiro atoms. The predicted octanol–water partition coefficient (Wildman–Crippen LogP) is 2.98. The summed E-state index contributed by atoms with van der Waals surface area (Å²) in [5, 5.41) is 3.29. The van der Waals surface area contributed by atoms with Crippen LogP contribution < -0.4 is 16.0 Å². The van der Waals surface area contributed by atoms with Gasteiger partial charge >= 0.3 is 0 Å². The van der Waals surface area contributed by atoms with Gasteiger partial charge < -0.3 is 20.9 Å². The van der Waals surface area contributed by atoms with Crippen LogP contribution in [0.2, 0.25) is 0 Å². The topological polar surface area (TPSA) is 95.8 Å². The minimum Gasteiger partial charge on any atom is -0.368 e. The van der Waals surface area contributed by atoms with Gasteiger partial charge in [-0.15, -0.1) is 0 Å². The molecule has 3 heterocycles. The summed E-state index contributed by atoms with van der Waals surface area (Å²) >= 11 is 0. The summed E-state index contributed by atoms with van der Waals surface area (Å²) in [5.74, 6) is 1.74. The molecule has 1 saturated heterocycles. The molecule has 4 N–H and O–H groups in total. The molecule has 1 aliphatic rings. The lowest BCUT2D eigenvalue weighted by Gasteiger charge is -2.27. The zero-order valence-electron chi connectivity index (χ0n) is 13.7. The lowest BCUT2D eigenvalue weighted by Crippen LogP contribution is -2.30. The van der Waals surface area contributed by atoms with E-state index in [-0.39, 0.29) is 5.95 Å². The number of aromatic nitrogens is 4. The van der Waals surface area contributed by atoms with E-state index in [1.54, 1.807) is 0 Å². The monoisotopic (exact) mass is 323 g/mol. The van der Waals surface area contributed by atoms with Crippen molar-refractivity contribution in [2.75, 3.05) is 29.0 Å². The maximum absolute atomic E-state index is 5.90. The third-order valence-corrected chi connectivity index (χ3v) is 4.28. The average Bonchev–Trinajstić information content (AvgIpc) is 2.97. The van der Waals surface area contributed by atoms with E-state index >= 15 is 0 Å². The van der Waals surface area contributed by atoms with Crippen molar-refractivity contribution in [2.45, 2.75) is 26.2 Å². The van der Waals surface area contributed by atoms with Crippen LogP contribution in [-0.4, -0.2) is 33.0 Å². The van der Waals surface area contributed by atoms with Crippen LogP contribution in [0.4, 0.5) is 23.4 Å². The van der Waals surface area contributed by atoms with Crippen molar-refractivity contribution in [3.8, 4) is 0 Å². The van der Waals surface area contributed by atoms with Crippen LogP contribution >= 0.6 is 0 Å². The van der Waals surface area contributed by atoms with Crippen molar-refractivity contribution in [1.29, 1.82) is 0 Å². The number of imidazole rings is 1. The highest BCUT2D eigenvalue weighted by atomic mass is 15.3. The van der Waals surface area contributed by atoms with Crippen molar-refractivity contribution < 1.29 is 0 Å². The molecular formula is C17H21N7. The summed E-state index contributed by atoms with van der Waals surface area (Å²) in [5.41, 5.74) is 9.50. The number of fused-ring (bicyclic) bond motifs is 1. The van der Waals surface area contributed by atoms with Gasteiger partial charge in [0.25, 0.3) is 0 Å².